The molecule has 0 aliphatic heterocycles. The molecule has 23 heavy (non-hydrogen) atoms. The van der Waals surface area contributed by atoms with Crippen LogP contribution in [0.2, 0.25) is 0 Å². The van der Waals surface area contributed by atoms with E-state index in [1.807, 2.05) is 34.9 Å². The summed E-state index contributed by atoms with van der Waals surface area (Å²) in [5.74, 6) is 1.85. The van der Waals surface area contributed by atoms with Crippen LogP contribution in [0.1, 0.15) is 27.2 Å². The van der Waals surface area contributed by atoms with Gasteiger partial charge in [0.2, 0.25) is 5.91 Å². The van der Waals surface area contributed by atoms with E-state index in [1.165, 1.54) is 11.8 Å². The summed E-state index contributed by atoms with van der Waals surface area (Å²) in [6, 6.07) is 9.98. The fraction of sp³-hybridized carbons (Fsp3) is 0.471. The quantitative estimate of drug-likeness (QED) is 0.754. The molecule has 0 unspecified atom stereocenters. The average Bonchev–Trinajstić information content (AvgIpc) is 2.96. The van der Waals surface area contributed by atoms with Crippen molar-refractivity contribution in [2.45, 2.75) is 38.9 Å². The van der Waals surface area contributed by atoms with Crippen LogP contribution in [0.5, 0.6) is 0 Å². The molecule has 2 aromatic rings. The third-order valence-electron chi connectivity index (χ3n) is 3.44. The van der Waals surface area contributed by atoms with E-state index in [0.717, 1.165) is 36.1 Å². The van der Waals surface area contributed by atoms with Gasteiger partial charge in [-0.3, -0.25) is 4.79 Å². The molecule has 6 heteroatoms. The molecule has 2 rings (SSSR count). The largest absolute Gasteiger partial charge is 0.355 e. The van der Waals surface area contributed by atoms with E-state index in [1.54, 1.807) is 0 Å². The highest BCUT2D eigenvalue weighted by Gasteiger charge is 2.14. The molecule has 1 aromatic heterocycles. The van der Waals surface area contributed by atoms with Gasteiger partial charge in [0.05, 0.1) is 5.75 Å². The van der Waals surface area contributed by atoms with Crippen LogP contribution < -0.4 is 5.32 Å². The fourth-order valence-corrected chi connectivity index (χ4v) is 2.99. The Morgan fingerprint density at radius 1 is 1.26 bits per heavy atom. The number of nitrogens with zero attached hydrogens (tertiary/aromatic N) is 3. The summed E-state index contributed by atoms with van der Waals surface area (Å²) in [7, 11) is 0. The Morgan fingerprint density at radius 3 is 2.65 bits per heavy atom. The molecule has 0 radical (unpaired) electrons. The predicted molar refractivity (Wildman–Crippen MR) is 94.3 cm³/mol. The van der Waals surface area contributed by atoms with Gasteiger partial charge < -0.3 is 9.88 Å². The first-order valence-corrected chi connectivity index (χ1v) is 8.98. The first-order chi connectivity index (χ1) is 11.1. The summed E-state index contributed by atoms with van der Waals surface area (Å²) in [6.07, 6.45) is 1.000. The van der Waals surface area contributed by atoms with E-state index in [9.17, 15) is 4.79 Å². The highest BCUT2D eigenvalue weighted by Crippen LogP contribution is 2.23. The van der Waals surface area contributed by atoms with Crippen molar-refractivity contribution in [3.05, 3.63) is 30.3 Å². The van der Waals surface area contributed by atoms with Gasteiger partial charge >= 0.3 is 0 Å². The summed E-state index contributed by atoms with van der Waals surface area (Å²) in [5, 5.41) is 12.2. The Labute approximate surface area is 141 Å². The highest BCUT2D eigenvalue weighted by atomic mass is 32.2. The maximum Gasteiger partial charge on any atom is 0.230 e. The molecule has 5 nitrogen and oxygen atoms in total. The van der Waals surface area contributed by atoms with Gasteiger partial charge in [0.1, 0.15) is 0 Å². The second-order valence-electron chi connectivity index (χ2n) is 5.74. The SMILES string of the molecule is CCn1c(SCC(=O)NCCC(C)C)nnc1-c1ccccc1. The second-order valence-corrected chi connectivity index (χ2v) is 6.68. The number of nitrogens with one attached hydrogen (secondary N) is 1. The van der Waals surface area contributed by atoms with Gasteiger partial charge in [-0.25, -0.2) is 0 Å². The van der Waals surface area contributed by atoms with Crippen LogP contribution in [0.4, 0.5) is 0 Å². The molecule has 0 saturated carbocycles. The Hall–Kier alpha value is -1.82. The molecule has 0 aliphatic rings. The topological polar surface area (TPSA) is 59.8 Å². The summed E-state index contributed by atoms with van der Waals surface area (Å²) in [6.45, 7) is 7.86. The van der Waals surface area contributed by atoms with Gasteiger partial charge in [-0.05, 0) is 19.3 Å². The minimum absolute atomic E-state index is 0.0440. The lowest BCUT2D eigenvalue weighted by Crippen LogP contribution is -2.27. The van der Waals surface area contributed by atoms with Gasteiger partial charge in [-0.2, -0.15) is 0 Å². The average molecular weight is 332 g/mol. The van der Waals surface area contributed by atoms with Crippen LogP contribution in [0.25, 0.3) is 11.4 Å². The third kappa shape index (κ3) is 5.10. The molecule has 0 atom stereocenters. The molecule has 0 bridgehead atoms. The standard InChI is InChI=1S/C17H24N4OS/c1-4-21-16(14-8-6-5-7-9-14)19-20-17(21)23-12-15(22)18-11-10-13(2)3/h5-9,13H,4,10-12H2,1-3H3,(H,18,22). The molecule has 124 valence electrons. The van der Waals surface area contributed by atoms with Crippen molar-refractivity contribution in [1.82, 2.24) is 20.1 Å². The number of hydrogen-bond donors (Lipinski definition) is 1. The number of rotatable bonds is 8. The number of amides is 1. The smallest absolute Gasteiger partial charge is 0.230 e. The second kappa shape index (κ2) is 8.72. The van der Waals surface area contributed by atoms with E-state index < -0.39 is 0 Å². The van der Waals surface area contributed by atoms with Gasteiger partial charge in [0.15, 0.2) is 11.0 Å². The number of thioether (sulfide) groups is 1. The van der Waals surface area contributed by atoms with Gasteiger partial charge in [0, 0.05) is 18.7 Å². The van der Waals surface area contributed by atoms with Crippen molar-refractivity contribution in [1.29, 1.82) is 0 Å². The molecule has 1 amide bonds. The van der Waals surface area contributed by atoms with E-state index >= 15 is 0 Å². The zero-order chi connectivity index (χ0) is 16.7. The number of benzene rings is 1. The van der Waals surface area contributed by atoms with Crippen molar-refractivity contribution in [3.8, 4) is 11.4 Å². The molecule has 1 N–H and O–H groups in total. The minimum Gasteiger partial charge on any atom is -0.355 e. The Balaban J connectivity index is 1.96. The number of carbonyl (C=O) groups is 1. The Kier molecular flexibility index (Phi) is 6.65. The molecule has 1 aromatic carbocycles. The molecule has 0 fully saturated rings. The van der Waals surface area contributed by atoms with Crippen molar-refractivity contribution >= 4 is 17.7 Å². The van der Waals surface area contributed by atoms with Gasteiger partial charge in [0.25, 0.3) is 0 Å². The van der Waals surface area contributed by atoms with Gasteiger partial charge in [-0.1, -0.05) is 55.9 Å². The molecular formula is C17H24N4OS. The van der Waals surface area contributed by atoms with E-state index in [2.05, 4.69) is 36.3 Å². The molecular weight excluding hydrogens is 308 g/mol. The van der Waals surface area contributed by atoms with Gasteiger partial charge in [-0.15, -0.1) is 10.2 Å². The van der Waals surface area contributed by atoms with Crippen molar-refractivity contribution in [3.63, 3.8) is 0 Å². The van der Waals surface area contributed by atoms with Crippen molar-refractivity contribution in [2.24, 2.45) is 5.92 Å². The number of hydrogen-bond acceptors (Lipinski definition) is 4. The number of aromatic nitrogens is 3. The zero-order valence-electron chi connectivity index (χ0n) is 14.0. The predicted octanol–water partition coefficient (Wildman–Crippen LogP) is 3.22. The molecule has 0 spiro atoms. The molecule has 0 aliphatic carbocycles. The first kappa shape index (κ1) is 17.5. The zero-order valence-corrected chi connectivity index (χ0v) is 14.8. The third-order valence-corrected chi connectivity index (χ3v) is 4.41. The van der Waals surface area contributed by atoms with Crippen molar-refractivity contribution < 1.29 is 4.79 Å². The minimum atomic E-state index is 0.0440. The van der Waals surface area contributed by atoms with Crippen LogP contribution in [0.15, 0.2) is 35.5 Å². The van der Waals surface area contributed by atoms with E-state index in [-0.39, 0.29) is 5.91 Å². The monoisotopic (exact) mass is 332 g/mol. The van der Waals surface area contributed by atoms with Crippen molar-refractivity contribution in [2.75, 3.05) is 12.3 Å². The lowest BCUT2D eigenvalue weighted by Gasteiger charge is -2.08. The van der Waals surface area contributed by atoms with E-state index in [0.29, 0.717) is 11.7 Å². The summed E-state index contributed by atoms with van der Waals surface area (Å²) in [4.78, 5) is 11.9. The summed E-state index contributed by atoms with van der Waals surface area (Å²) in [5.41, 5.74) is 1.04. The van der Waals surface area contributed by atoms with Crippen LogP contribution in [-0.2, 0) is 11.3 Å². The maximum absolute atomic E-state index is 11.9. The highest BCUT2D eigenvalue weighted by molar-refractivity contribution is 7.99. The lowest BCUT2D eigenvalue weighted by atomic mass is 10.1. The lowest BCUT2D eigenvalue weighted by molar-refractivity contribution is -0.118. The number of carbonyl (C=O) groups excluding carboxylic acids is 1. The normalized spacial score (nSPS) is 11.0. The van der Waals surface area contributed by atoms with E-state index in [4.69, 9.17) is 0 Å². The van der Waals surface area contributed by atoms with Crippen LogP contribution in [0, 0.1) is 5.92 Å². The van der Waals surface area contributed by atoms with Crippen LogP contribution in [-0.4, -0.2) is 33.0 Å². The maximum atomic E-state index is 11.9. The fourth-order valence-electron chi connectivity index (χ4n) is 2.16. The molecule has 0 saturated heterocycles. The Morgan fingerprint density at radius 2 is 2.00 bits per heavy atom. The summed E-state index contributed by atoms with van der Waals surface area (Å²) < 4.78 is 2.04. The van der Waals surface area contributed by atoms with Crippen LogP contribution in [0.3, 0.4) is 0 Å². The first-order valence-electron chi connectivity index (χ1n) is 8.00. The Bertz CT molecular complexity index is 625. The molecule has 1 heterocycles. The summed E-state index contributed by atoms with van der Waals surface area (Å²) >= 11 is 1.43. The van der Waals surface area contributed by atoms with Crippen LogP contribution >= 0.6 is 11.8 Å².